The molecule has 2 aromatic carbocycles. The minimum Gasteiger partial charge on any atom is -0.478 e. The topological polar surface area (TPSA) is 49.3 Å². The van der Waals surface area contributed by atoms with Crippen molar-refractivity contribution in [3.05, 3.63) is 59.7 Å². The third kappa shape index (κ3) is 2.58. The molecular formula is C17H17NO2. The Morgan fingerprint density at radius 3 is 2.55 bits per heavy atom. The van der Waals surface area contributed by atoms with Crippen molar-refractivity contribution >= 4 is 5.97 Å². The van der Waals surface area contributed by atoms with Crippen LogP contribution in [0.3, 0.4) is 0 Å². The first-order chi connectivity index (χ1) is 9.74. The molecule has 20 heavy (non-hydrogen) atoms. The number of hydrogen-bond acceptors (Lipinski definition) is 2. The standard InChI is InChI=1S/C17H17NO2/c19-17(20)15-4-1-3-14(11-15)12-6-8-13(9-7-12)16-5-2-10-18-16/h1,3-4,6-9,11,16,18H,2,5,10H2,(H,19,20). The summed E-state index contributed by atoms with van der Waals surface area (Å²) in [5.74, 6) is -0.890. The van der Waals surface area contributed by atoms with E-state index in [1.807, 2.05) is 6.07 Å². The second-order valence-corrected chi connectivity index (χ2v) is 5.16. The number of carboxylic acids is 1. The summed E-state index contributed by atoms with van der Waals surface area (Å²) in [7, 11) is 0. The number of rotatable bonds is 3. The second kappa shape index (κ2) is 5.47. The fourth-order valence-electron chi connectivity index (χ4n) is 2.71. The van der Waals surface area contributed by atoms with E-state index < -0.39 is 5.97 Å². The molecule has 0 saturated carbocycles. The van der Waals surface area contributed by atoms with Gasteiger partial charge in [-0.15, -0.1) is 0 Å². The SMILES string of the molecule is O=C(O)c1cccc(-c2ccc(C3CCCN3)cc2)c1. The van der Waals surface area contributed by atoms with Crippen molar-refractivity contribution in [2.75, 3.05) is 6.54 Å². The van der Waals surface area contributed by atoms with Crippen molar-refractivity contribution in [3.8, 4) is 11.1 Å². The summed E-state index contributed by atoms with van der Waals surface area (Å²) in [6, 6.07) is 15.9. The summed E-state index contributed by atoms with van der Waals surface area (Å²) in [6.45, 7) is 1.09. The number of aromatic carboxylic acids is 1. The molecule has 0 radical (unpaired) electrons. The van der Waals surface area contributed by atoms with Crippen molar-refractivity contribution in [2.24, 2.45) is 0 Å². The lowest BCUT2D eigenvalue weighted by molar-refractivity contribution is 0.0697. The molecule has 1 atom stereocenters. The van der Waals surface area contributed by atoms with E-state index in [9.17, 15) is 4.79 Å². The molecule has 102 valence electrons. The van der Waals surface area contributed by atoms with E-state index in [1.54, 1.807) is 18.2 Å². The Hall–Kier alpha value is -2.13. The van der Waals surface area contributed by atoms with Crippen molar-refractivity contribution in [1.29, 1.82) is 0 Å². The summed E-state index contributed by atoms with van der Waals surface area (Å²) in [5.41, 5.74) is 3.62. The Labute approximate surface area is 118 Å². The van der Waals surface area contributed by atoms with Gasteiger partial charge in [-0.25, -0.2) is 4.79 Å². The average Bonchev–Trinajstić information content (AvgIpc) is 3.02. The Kier molecular flexibility index (Phi) is 3.52. The average molecular weight is 267 g/mol. The van der Waals surface area contributed by atoms with Gasteiger partial charge in [0.2, 0.25) is 0 Å². The van der Waals surface area contributed by atoms with Crippen LogP contribution in [0.1, 0.15) is 34.8 Å². The Bertz CT molecular complexity index is 613. The maximum atomic E-state index is 11.0. The van der Waals surface area contributed by atoms with Crippen LogP contribution in [0.15, 0.2) is 48.5 Å². The number of benzene rings is 2. The first kappa shape index (κ1) is 12.9. The molecule has 0 bridgehead atoms. The highest BCUT2D eigenvalue weighted by Crippen LogP contribution is 2.26. The van der Waals surface area contributed by atoms with Crippen LogP contribution in [0.4, 0.5) is 0 Å². The molecule has 1 fully saturated rings. The van der Waals surface area contributed by atoms with Gasteiger partial charge in [0.25, 0.3) is 0 Å². The predicted molar refractivity (Wildman–Crippen MR) is 78.8 cm³/mol. The van der Waals surface area contributed by atoms with Crippen LogP contribution in [0.25, 0.3) is 11.1 Å². The fraction of sp³-hybridized carbons (Fsp3) is 0.235. The summed E-state index contributed by atoms with van der Waals surface area (Å²) in [5, 5.41) is 12.5. The minimum atomic E-state index is -0.890. The second-order valence-electron chi connectivity index (χ2n) is 5.16. The molecule has 3 heteroatoms. The molecule has 0 aliphatic carbocycles. The highest BCUT2D eigenvalue weighted by atomic mass is 16.4. The monoisotopic (exact) mass is 267 g/mol. The lowest BCUT2D eigenvalue weighted by atomic mass is 9.99. The Balaban J connectivity index is 1.87. The summed E-state index contributed by atoms with van der Waals surface area (Å²) in [4.78, 5) is 11.0. The molecule has 1 saturated heterocycles. The zero-order chi connectivity index (χ0) is 13.9. The van der Waals surface area contributed by atoms with E-state index in [1.165, 1.54) is 18.4 Å². The summed E-state index contributed by atoms with van der Waals surface area (Å²) in [6.07, 6.45) is 2.42. The zero-order valence-electron chi connectivity index (χ0n) is 11.2. The van der Waals surface area contributed by atoms with Crippen LogP contribution in [-0.4, -0.2) is 17.6 Å². The summed E-state index contributed by atoms with van der Waals surface area (Å²) < 4.78 is 0. The third-order valence-electron chi connectivity index (χ3n) is 3.82. The zero-order valence-corrected chi connectivity index (χ0v) is 11.2. The van der Waals surface area contributed by atoms with Gasteiger partial charge in [0.1, 0.15) is 0 Å². The van der Waals surface area contributed by atoms with Gasteiger partial charge in [0.15, 0.2) is 0 Å². The molecule has 1 aliphatic rings. The smallest absolute Gasteiger partial charge is 0.335 e. The van der Waals surface area contributed by atoms with Crippen LogP contribution >= 0.6 is 0 Å². The van der Waals surface area contributed by atoms with E-state index in [2.05, 4.69) is 29.6 Å². The van der Waals surface area contributed by atoms with Crippen LogP contribution in [-0.2, 0) is 0 Å². The first-order valence-corrected chi connectivity index (χ1v) is 6.91. The maximum absolute atomic E-state index is 11.0. The quantitative estimate of drug-likeness (QED) is 0.895. The molecule has 2 N–H and O–H groups in total. The molecule has 2 aromatic rings. The normalized spacial score (nSPS) is 18.1. The van der Waals surface area contributed by atoms with Crippen molar-refractivity contribution < 1.29 is 9.90 Å². The van der Waals surface area contributed by atoms with Gasteiger partial charge in [-0.05, 0) is 48.2 Å². The van der Waals surface area contributed by atoms with Crippen LogP contribution in [0, 0.1) is 0 Å². The molecular weight excluding hydrogens is 250 g/mol. The number of nitrogens with one attached hydrogen (secondary N) is 1. The lowest BCUT2D eigenvalue weighted by Crippen LogP contribution is -2.12. The van der Waals surface area contributed by atoms with E-state index in [-0.39, 0.29) is 0 Å². The molecule has 0 spiro atoms. The number of carboxylic acid groups (broad SMARTS) is 1. The first-order valence-electron chi connectivity index (χ1n) is 6.91. The van der Waals surface area contributed by atoms with Crippen LogP contribution in [0.2, 0.25) is 0 Å². The van der Waals surface area contributed by atoms with Gasteiger partial charge in [-0.3, -0.25) is 0 Å². The van der Waals surface area contributed by atoms with Crippen LogP contribution < -0.4 is 5.32 Å². The molecule has 1 aliphatic heterocycles. The number of hydrogen-bond donors (Lipinski definition) is 2. The third-order valence-corrected chi connectivity index (χ3v) is 3.82. The Morgan fingerprint density at radius 2 is 1.90 bits per heavy atom. The number of carbonyl (C=O) groups is 1. The van der Waals surface area contributed by atoms with Gasteiger partial charge in [0, 0.05) is 6.04 Å². The predicted octanol–water partition coefficient (Wildman–Crippen LogP) is 3.48. The summed E-state index contributed by atoms with van der Waals surface area (Å²) >= 11 is 0. The van der Waals surface area contributed by atoms with Gasteiger partial charge in [-0.2, -0.15) is 0 Å². The molecule has 0 aromatic heterocycles. The molecule has 3 nitrogen and oxygen atoms in total. The molecule has 1 unspecified atom stereocenters. The van der Waals surface area contributed by atoms with E-state index in [0.29, 0.717) is 11.6 Å². The maximum Gasteiger partial charge on any atom is 0.335 e. The van der Waals surface area contributed by atoms with Gasteiger partial charge in [-0.1, -0.05) is 36.4 Å². The molecule has 0 amide bonds. The Morgan fingerprint density at radius 1 is 1.10 bits per heavy atom. The van der Waals surface area contributed by atoms with Crippen molar-refractivity contribution in [3.63, 3.8) is 0 Å². The lowest BCUT2D eigenvalue weighted by Gasteiger charge is -2.11. The largest absolute Gasteiger partial charge is 0.478 e. The van der Waals surface area contributed by atoms with Gasteiger partial charge in [0.05, 0.1) is 5.56 Å². The van der Waals surface area contributed by atoms with Gasteiger partial charge >= 0.3 is 5.97 Å². The van der Waals surface area contributed by atoms with E-state index in [0.717, 1.165) is 17.7 Å². The van der Waals surface area contributed by atoms with Gasteiger partial charge < -0.3 is 10.4 Å². The van der Waals surface area contributed by atoms with Crippen molar-refractivity contribution in [2.45, 2.75) is 18.9 Å². The molecule has 1 heterocycles. The minimum absolute atomic E-state index is 0.323. The van der Waals surface area contributed by atoms with Crippen LogP contribution in [0.5, 0.6) is 0 Å². The fourth-order valence-corrected chi connectivity index (χ4v) is 2.71. The highest BCUT2D eigenvalue weighted by Gasteiger charge is 2.15. The van der Waals surface area contributed by atoms with E-state index in [4.69, 9.17) is 5.11 Å². The molecule has 3 rings (SSSR count). The highest BCUT2D eigenvalue weighted by molar-refractivity contribution is 5.89. The van der Waals surface area contributed by atoms with Crippen molar-refractivity contribution in [1.82, 2.24) is 5.32 Å². The van der Waals surface area contributed by atoms with E-state index >= 15 is 0 Å².